The van der Waals surface area contributed by atoms with Crippen LogP contribution >= 0.6 is 0 Å². The molecule has 0 saturated carbocycles. The highest BCUT2D eigenvalue weighted by Crippen LogP contribution is 2.17. The zero-order chi connectivity index (χ0) is 12.3. The molecule has 0 unspecified atom stereocenters. The average molecular weight is 227 g/mol. The second-order valence-electron chi connectivity index (χ2n) is 3.73. The molecule has 4 heteroatoms. The van der Waals surface area contributed by atoms with Gasteiger partial charge < -0.3 is 11.1 Å². The van der Waals surface area contributed by atoms with Crippen molar-refractivity contribution in [2.24, 2.45) is 0 Å². The van der Waals surface area contributed by atoms with Crippen molar-refractivity contribution in [3.05, 3.63) is 53.9 Å². The lowest BCUT2D eigenvalue weighted by atomic mass is 10.1. The monoisotopic (exact) mass is 227 g/mol. The summed E-state index contributed by atoms with van der Waals surface area (Å²) in [5.74, 6) is -0.211. The lowest BCUT2D eigenvalue weighted by Gasteiger charge is -2.08. The highest BCUT2D eigenvalue weighted by Gasteiger charge is 2.10. The minimum Gasteiger partial charge on any atom is -0.398 e. The number of nitrogens with zero attached hydrogens (tertiary/aromatic N) is 1. The molecule has 0 fully saturated rings. The lowest BCUT2D eigenvalue weighted by molar-refractivity contribution is 0.102. The summed E-state index contributed by atoms with van der Waals surface area (Å²) in [6.07, 6.45) is 3.24. The van der Waals surface area contributed by atoms with Gasteiger partial charge in [0.1, 0.15) is 0 Å². The Morgan fingerprint density at radius 2 is 1.94 bits per heavy atom. The SMILES string of the molecule is Cc1cccc(C(=O)Nc2ccncc2)c1N. The van der Waals surface area contributed by atoms with Crippen LogP contribution in [0.25, 0.3) is 0 Å². The third-order valence-corrected chi connectivity index (χ3v) is 2.51. The molecule has 1 heterocycles. The van der Waals surface area contributed by atoms with Crippen LogP contribution in [0.4, 0.5) is 11.4 Å². The van der Waals surface area contributed by atoms with Gasteiger partial charge in [0, 0.05) is 23.8 Å². The molecule has 1 aromatic heterocycles. The number of nitrogen functional groups attached to an aromatic ring is 1. The smallest absolute Gasteiger partial charge is 0.257 e. The number of carbonyl (C=O) groups excluding carboxylic acids is 1. The Bertz CT molecular complexity index is 538. The van der Waals surface area contributed by atoms with E-state index in [1.807, 2.05) is 19.1 Å². The molecule has 0 spiro atoms. The fraction of sp³-hybridized carbons (Fsp3) is 0.0769. The van der Waals surface area contributed by atoms with Gasteiger partial charge in [0.05, 0.1) is 5.56 Å². The Morgan fingerprint density at radius 1 is 1.24 bits per heavy atom. The summed E-state index contributed by atoms with van der Waals surface area (Å²) < 4.78 is 0. The lowest BCUT2D eigenvalue weighted by Crippen LogP contribution is -2.14. The summed E-state index contributed by atoms with van der Waals surface area (Å²) in [5.41, 5.74) is 8.46. The molecule has 3 N–H and O–H groups in total. The quantitative estimate of drug-likeness (QED) is 0.773. The predicted molar refractivity (Wildman–Crippen MR) is 67.8 cm³/mol. The summed E-state index contributed by atoms with van der Waals surface area (Å²) in [4.78, 5) is 15.9. The Kier molecular flexibility index (Phi) is 3.05. The predicted octanol–water partition coefficient (Wildman–Crippen LogP) is 2.22. The minimum absolute atomic E-state index is 0.211. The van der Waals surface area contributed by atoms with Gasteiger partial charge in [0.25, 0.3) is 5.91 Å². The maximum atomic E-state index is 12.0. The van der Waals surface area contributed by atoms with E-state index in [2.05, 4.69) is 10.3 Å². The van der Waals surface area contributed by atoms with Crippen molar-refractivity contribution in [3.63, 3.8) is 0 Å². The first-order valence-electron chi connectivity index (χ1n) is 5.25. The molecule has 0 aliphatic carbocycles. The molecule has 2 aromatic rings. The van der Waals surface area contributed by atoms with Gasteiger partial charge in [-0.25, -0.2) is 0 Å². The van der Waals surface area contributed by atoms with Gasteiger partial charge in [-0.2, -0.15) is 0 Å². The van der Waals surface area contributed by atoms with Crippen LogP contribution < -0.4 is 11.1 Å². The number of nitrogens with two attached hydrogens (primary N) is 1. The number of carbonyl (C=O) groups is 1. The van der Waals surface area contributed by atoms with Crippen LogP contribution in [-0.2, 0) is 0 Å². The van der Waals surface area contributed by atoms with E-state index in [-0.39, 0.29) is 5.91 Å². The number of aryl methyl sites for hydroxylation is 1. The highest BCUT2D eigenvalue weighted by molar-refractivity contribution is 6.08. The van der Waals surface area contributed by atoms with Crippen LogP contribution in [-0.4, -0.2) is 10.9 Å². The van der Waals surface area contributed by atoms with E-state index in [4.69, 9.17) is 5.73 Å². The van der Waals surface area contributed by atoms with E-state index < -0.39 is 0 Å². The molecular formula is C13H13N3O. The summed E-state index contributed by atoms with van der Waals surface area (Å²) in [5, 5.41) is 2.77. The molecular weight excluding hydrogens is 214 g/mol. The number of aromatic nitrogens is 1. The van der Waals surface area contributed by atoms with Gasteiger partial charge in [-0.15, -0.1) is 0 Å². The molecule has 1 amide bonds. The van der Waals surface area contributed by atoms with E-state index in [1.54, 1.807) is 30.6 Å². The van der Waals surface area contributed by atoms with Gasteiger partial charge in [-0.05, 0) is 30.7 Å². The number of rotatable bonds is 2. The zero-order valence-corrected chi connectivity index (χ0v) is 9.47. The highest BCUT2D eigenvalue weighted by atomic mass is 16.1. The topological polar surface area (TPSA) is 68.0 Å². The van der Waals surface area contributed by atoms with Gasteiger partial charge in [0.2, 0.25) is 0 Å². The van der Waals surface area contributed by atoms with Gasteiger partial charge in [0.15, 0.2) is 0 Å². The fourth-order valence-electron chi connectivity index (χ4n) is 1.51. The molecule has 0 bridgehead atoms. The Hall–Kier alpha value is -2.36. The van der Waals surface area contributed by atoms with Crippen LogP contribution in [0.5, 0.6) is 0 Å². The summed E-state index contributed by atoms with van der Waals surface area (Å²) >= 11 is 0. The van der Waals surface area contributed by atoms with Crippen molar-refractivity contribution in [3.8, 4) is 0 Å². The molecule has 1 aromatic carbocycles. The molecule has 0 atom stereocenters. The number of nitrogens with one attached hydrogen (secondary N) is 1. The summed E-state index contributed by atoms with van der Waals surface area (Å²) in [6, 6.07) is 8.85. The third-order valence-electron chi connectivity index (χ3n) is 2.51. The Labute approximate surface area is 99.5 Å². The largest absolute Gasteiger partial charge is 0.398 e. The Balaban J connectivity index is 2.24. The average Bonchev–Trinajstić information content (AvgIpc) is 2.34. The molecule has 0 saturated heterocycles. The van der Waals surface area contributed by atoms with Crippen LogP contribution in [0.3, 0.4) is 0 Å². The van der Waals surface area contributed by atoms with Crippen LogP contribution in [0.1, 0.15) is 15.9 Å². The van der Waals surface area contributed by atoms with Crippen molar-refractivity contribution >= 4 is 17.3 Å². The first kappa shape index (κ1) is 11.1. The number of hydrogen-bond donors (Lipinski definition) is 2. The molecule has 0 aliphatic heterocycles. The fourth-order valence-corrected chi connectivity index (χ4v) is 1.51. The van der Waals surface area contributed by atoms with Crippen molar-refractivity contribution in [1.82, 2.24) is 4.98 Å². The number of anilines is 2. The van der Waals surface area contributed by atoms with E-state index in [1.165, 1.54) is 0 Å². The molecule has 4 nitrogen and oxygen atoms in total. The normalized spacial score (nSPS) is 9.94. The molecule has 17 heavy (non-hydrogen) atoms. The maximum Gasteiger partial charge on any atom is 0.257 e. The van der Waals surface area contributed by atoms with Crippen molar-refractivity contribution < 1.29 is 4.79 Å². The maximum absolute atomic E-state index is 12.0. The molecule has 86 valence electrons. The van der Waals surface area contributed by atoms with E-state index in [0.717, 1.165) is 5.56 Å². The number of pyridine rings is 1. The van der Waals surface area contributed by atoms with E-state index in [9.17, 15) is 4.79 Å². The van der Waals surface area contributed by atoms with Crippen LogP contribution in [0, 0.1) is 6.92 Å². The number of amides is 1. The van der Waals surface area contributed by atoms with E-state index in [0.29, 0.717) is 16.9 Å². The molecule has 0 aliphatic rings. The standard InChI is InChI=1S/C13H13N3O/c1-9-3-2-4-11(12(9)14)13(17)16-10-5-7-15-8-6-10/h2-8H,14H2,1H3,(H,15,16,17). The minimum atomic E-state index is -0.211. The molecule has 2 rings (SSSR count). The summed E-state index contributed by atoms with van der Waals surface area (Å²) in [6.45, 7) is 1.87. The van der Waals surface area contributed by atoms with Gasteiger partial charge >= 0.3 is 0 Å². The van der Waals surface area contributed by atoms with E-state index >= 15 is 0 Å². The second kappa shape index (κ2) is 4.65. The summed E-state index contributed by atoms with van der Waals surface area (Å²) in [7, 11) is 0. The third kappa shape index (κ3) is 2.42. The van der Waals surface area contributed by atoms with Crippen LogP contribution in [0.2, 0.25) is 0 Å². The van der Waals surface area contributed by atoms with Crippen molar-refractivity contribution in [1.29, 1.82) is 0 Å². The van der Waals surface area contributed by atoms with Crippen molar-refractivity contribution in [2.75, 3.05) is 11.1 Å². The first-order chi connectivity index (χ1) is 8.18. The van der Waals surface area contributed by atoms with Gasteiger partial charge in [-0.1, -0.05) is 12.1 Å². The van der Waals surface area contributed by atoms with Crippen molar-refractivity contribution in [2.45, 2.75) is 6.92 Å². The second-order valence-corrected chi connectivity index (χ2v) is 3.73. The number of hydrogen-bond acceptors (Lipinski definition) is 3. The Morgan fingerprint density at radius 3 is 2.65 bits per heavy atom. The number of para-hydroxylation sites is 1. The van der Waals surface area contributed by atoms with Gasteiger partial charge in [-0.3, -0.25) is 9.78 Å². The molecule has 0 radical (unpaired) electrons. The first-order valence-corrected chi connectivity index (χ1v) is 5.25. The van der Waals surface area contributed by atoms with Crippen LogP contribution in [0.15, 0.2) is 42.7 Å². The number of benzene rings is 1. The zero-order valence-electron chi connectivity index (χ0n) is 9.47.